The quantitative estimate of drug-likeness (QED) is 0.673. The first-order chi connectivity index (χ1) is 14.2. The molecule has 1 saturated heterocycles. The summed E-state index contributed by atoms with van der Waals surface area (Å²) >= 11 is 0. The van der Waals surface area contributed by atoms with Gasteiger partial charge in [0.25, 0.3) is 5.91 Å². The summed E-state index contributed by atoms with van der Waals surface area (Å²) in [4.78, 5) is 14.4. The molecule has 0 spiro atoms. The summed E-state index contributed by atoms with van der Waals surface area (Å²) in [6, 6.07) is 17.6. The van der Waals surface area contributed by atoms with Crippen LogP contribution in [0.15, 0.2) is 60.7 Å². The number of nitrogens with one attached hydrogen (secondary N) is 2. The van der Waals surface area contributed by atoms with Crippen LogP contribution in [0.2, 0.25) is 0 Å². The number of aromatic amines is 1. The molecule has 1 aliphatic rings. The average Bonchev–Trinajstić information content (AvgIpc) is 3.24. The van der Waals surface area contributed by atoms with Crippen molar-refractivity contribution in [1.82, 2.24) is 15.5 Å². The van der Waals surface area contributed by atoms with Gasteiger partial charge in [0.2, 0.25) is 0 Å². The van der Waals surface area contributed by atoms with Crippen molar-refractivity contribution >= 4 is 11.7 Å². The topological polar surface area (TPSA) is 70.2 Å². The number of hydrogen-bond donors (Lipinski definition) is 2. The van der Waals surface area contributed by atoms with E-state index in [0.29, 0.717) is 12.3 Å². The number of anilines is 1. The molecule has 150 valence electrons. The van der Waals surface area contributed by atoms with E-state index in [0.717, 1.165) is 36.5 Å². The first-order valence-electron chi connectivity index (χ1n) is 9.71. The van der Waals surface area contributed by atoms with Crippen LogP contribution in [0.3, 0.4) is 0 Å². The molecule has 0 radical (unpaired) electrons. The number of H-pyrrole nitrogens is 1. The number of nitrogens with zero attached hydrogens (tertiary/aromatic N) is 2. The summed E-state index contributed by atoms with van der Waals surface area (Å²) < 4.78 is 18.6. The van der Waals surface area contributed by atoms with Gasteiger partial charge in [0.1, 0.15) is 11.6 Å². The van der Waals surface area contributed by atoms with E-state index >= 15 is 0 Å². The largest absolute Gasteiger partial charge is 0.484 e. The minimum atomic E-state index is -0.264. The Morgan fingerprint density at radius 2 is 2.00 bits per heavy atom. The molecule has 1 atom stereocenters. The normalized spacial score (nSPS) is 16.4. The minimum Gasteiger partial charge on any atom is -0.484 e. The Labute approximate surface area is 168 Å². The fourth-order valence-electron chi connectivity index (χ4n) is 3.49. The van der Waals surface area contributed by atoms with Gasteiger partial charge in [0.05, 0.1) is 5.69 Å². The van der Waals surface area contributed by atoms with E-state index in [9.17, 15) is 9.18 Å². The predicted octanol–water partition coefficient (Wildman–Crippen LogP) is 3.38. The second-order valence-corrected chi connectivity index (χ2v) is 7.10. The van der Waals surface area contributed by atoms with Gasteiger partial charge in [-0.25, -0.2) is 4.39 Å². The van der Waals surface area contributed by atoms with E-state index in [2.05, 4.69) is 20.4 Å². The van der Waals surface area contributed by atoms with Crippen LogP contribution in [0.5, 0.6) is 5.75 Å². The maximum Gasteiger partial charge on any atom is 0.258 e. The molecule has 7 heteroatoms. The Morgan fingerprint density at radius 3 is 2.79 bits per heavy atom. The Balaban J connectivity index is 1.32. The third kappa shape index (κ3) is 4.93. The van der Waals surface area contributed by atoms with E-state index in [1.807, 2.05) is 36.4 Å². The van der Waals surface area contributed by atoms with Crippen LogP contribution in [0, 0.1) is 5.82 Å². The van der Waals surface area contributed by atoms with Gasteiger partial charge in [-0.3, -0.25) is 9.89 Å². The maximum absolute atomic E-state index is 13.1. The number of benzene rings is 2. The summed E-state index contributed by atoms with van der Waals surface area (Å²) in [5.74, 6) is 1.11. The van der Waals surface area contributed by atoms with Crippen molar-refractivity contribution in [2.24, 2.45) is 0 Å². The number of ether oxygens (including phenoxy) is 1. The van der Waals surface area contributed by atoms with Crippen molar-refractivity contribution in [3.8, 4) is 17.0 Å². The summed E-state index contributed by atoms with van der Waals surface area (Å²) in [6.07, 6.45) is 1.88. The van der Waals surface area contributed by atoms with Crippen LogP contribution in [0.4, 0.5) is 10.2 Å². The molecule has 0 unspecified atom stereocenters. The molecule has 0 saturated carbocycles. The van der Waals surface area contributed by atoms with Crippen LogP contribution < -0.4 is 15.0 Å². The number of halogens is 1. The summed E-state index contributed by atoms with van der Waals surface area (Å²) in [7, 11) is 0. The smallest absolute Gasteiger partial charge is 0.258 e. The van der Waals surface area contributed by atoms with Crippen molar-refractivity contribution in [3.05, 3.63) is 66.5 Å². The van der Waals surface area contributed by atoms with Gasteiger partial charge in [-0.15, -0.1) is 0 Å². The molecule has 1 aromatic heterocycles. The summed E-state index contributed by atoms with van der Waals surface area (Å²) in [5, 5.41) is 10.5. The summed E-state index contributed by atoms with van der Waals surface area (Å²) in [5.41, 5.74) is 1.72. The third-order valence-corrected chi connectivity index (χ3v) is 4.94. The van der Waals surface area contributed by atoms with Crippen LogP contribution in [0.1, 0.15) is 12.8 Å². The van der Waals surface area contributed by atoms with Gasteiger partial charge in [-0.1, -0.05) is 18.2 Å². The van der Waals surface area contributed by atoms with Crippen molar-refractivity contribution in [2.45, 2.75) is 18.9 Å². The van der Waals surface area contributed by atoms with Gasteiger partial charge < -0.3 is 15.0 Å². The number of aromatic nitrogens is 2. The molecule has 1 fully saturated rings. The highest BCUT2D eigenvalue weighted by molar-refractivity contribution is 5.78. The van der Waals surface area contributed by atoms with Crippen LogP contribution >= 0.6 is 0 Å². The first-order valence-corrected chi connectivity index (χ1v) is 9.71. The second-order valence-electron chi connectivity index (χ2n) is 7.10. The first kappa shape index (κ1) is 19.0. The molecule has 0 bridgehead atoms. The molecule has 1 aliphatic heterocycles. The molecule has 2 heterocycles. The van der Waals surface area contributed by atoms with Crippen molar-refractivity contribution < 1.29 is 13.9 Å². The molecule has 1 amide bonds. The molecule has 2 aromatic carbocycles. The standard InChI is InChI=1S/C22H23FN4O2/c23-17-10-8-16(9-11-17)20-13-21(26-25-20)27-12-4-5-18(14-27)24-22(28)15-29-19-6-2-1-3-7-19/h1-3,6-11,13,18H,4-5,12,14-15H2,(H,24,28)(H,25,26)/t18-/m0/s1. The Hall–Kier alpha value is -3.35. The van der Waals surface area contributed by atoms with Crippen LogP contribution in [-0.2, 0) is 4.79 Å². The molecule has 6 nitrogen and oxygen atoms in total. The lowest BCUT2D eigenvalue weighted by atomic mass is 10.1. The zero-order valence-electron chi connectivity index (χ0n) is 16.0. The van der Waals surface area contributed by atoms with E-state index in [-0.39, 0.29) is 24.4 Å². The lowest BCUT2D eigenvalue weighted by Gasteiger charge is -2.33. The van der Waals surface area contributed by atoms with E-state index in [1.54, 1.807) is 12.1 Å². The van der Waals surface area contributed by atoms with E-state index in [1.165, 1.54) is 12.1 Å². The fourth-order valence-corrected chi connectivity index (χ4v) is 3.49. The predicted molar refractivity (Wildman–Crippen MR) is 109 cm³/mol. The molecule has 3 aromatic rings. The molecular weight excluding hydrogens is 371 g/mol. The zero-order valence-corrected chi connectivity index (χ0v) is 16.0. The highest BCUT2D eigenvalue weighted by Gasteiger charge is 2.23. The lowest BCUT2D eigenvalue weighted by molar-refractivity contribution is -0.123. The van der Waals surface area contributed by atoms with Gasteiger partial charge in [0, 0.05) is 25.2 Å². The zero-order chi connectivity index (χ0) is 20.1. The van der Waals surface area contributed by atoms with Gasteiger partial charge in [-0.2, -0.15) is 5.10 Å². The number of carbonyl (C=O) groups excluding carboxylic acids is 1. The van der Waals surface area contributed by atoms with Gasteiger partial charge >= 0.3 is 0 Å². The SMILES string of the molecule is O=C(COc1ccccc1)N[C@H]1CCCN(c2cc(-c3ccc(F)cc3)[nH]n2)C1. The molecule has 2 N–H and O–H groups in total. The molecule has 0 aliphatic carbocycles. The number of carbonyl (C=O) groups is 1. The van der Waals surface area contributed by atoms with Crippen molar-refractivity contribution in [3.63, 3.8) is 0 Å². The number of hydrogen-bond acceptors (Lipinski definition) is 4. The van der Waals surface area contributed by atoms with Gasteiger partial charge in [0.15, 0.2) is 12.4 Å². The monoisotopic (exact) mass is 394 g/mol. The molecule has 29 heavy (non-hydrogen) atoms. The number of para-hydroxylation sites is 1. The van der Waals surface area contributed by atoms with Crippen molar-refractivity contribution in [1.29, 1.82) is 0 Å². The van der Waals surface area contributed by atoms with E-state index < -0.39 is 0 Å². The number of amides is 1. The Kier molecular flexibility index (Phi) is 5.74. The number of rotatable bonds is 6. The van der Waals surface area contributed by atoms with Gasteiger partial charge in [-0.05, 0) is 54.8 Å². The lowest BCUT2D eigenvalue weighted by Crippen LogP contribution is -2.49. The molecular formula is C22H23FN4O2. The van der Waals surface area contributed by atoms with E-state index in [4.69, 9.17) is 4.74 Å². The second kappa shape index (κ2) is 8.77. The van der Waals surface area contributed by atoms with Crippen molar-refractivity contribution in [2.75, 3.05) is 24.6 Å². The maximum atomic E-state index is 13.1. The fraction of sp³-hybridized carbons (Fsp3) is 0.273. The Morgan fingerprint density at radius 1 is 1.21 bits per heavy atom. The van der Waals surface area contributed by atoms with Crippen LogP contribution in [0.25, 0.3) is 11.3 Å². The third-order valence-electron chi connectivity index (χ3n) is 4.94. The highest BCUT2D eigenvalue weighted by Crippen LogP contribution is 2.24. The highest BCUT2D eigenvalue weighted by atomic mass is 19.1. The average molecular weight is 394 g/mol. The number of piperidine rings is 1. The molecule has 4 rings (SSSR count). The minimum absolute atomic E-state index is 0.00235. The van der Waals surface area contributed by atoms with Crippen LogP contribution in [-0.4, -0.2) is 41.8 Å². The Bertz CT molecular complexity index is 943. The summed E-state index contributed by atoms with van der Waals surface area (Å²) in [6.45, 7) is 1.56.